The Bertz CT molecular complexity index is 374. The highest BCUT2D eigenvalue weighted by Crippen LogP contribution is 2.10. The Kier molecular flexibility index (Phi) is 3.82. The van der Waals surface area contributed by atoms with Gasteiger partial charge in [0, 0.05) is 19.6 Å². The molecule has 0 bridgehead atoms. The zero-order valence-electron chi connectivity index (χ0n) is 9.82. The monoisotopic (exact) mass is 235 g/mol. The first-order valence-electron chi connectivity index (χ1n) is 5.66. The Morgan fingerprint density at radius 2 is 2.12 bits per heavy atom. The summed E-state index contributed by atoms with van der Waals surface area (Å²) in [7, 11) is 1.63. The third kappa shape index (κ3) is 3.35. The van der Waals surface area contributed by atoms with Gasteiger partial charge in [-0.1, -0.05) is 12.1 Å². The van der Waals surface area contributed by atoms with Crippen molar-refractivity contribution in [2.45, 2.75) is 12.6 Å². The van der Waals surface area contributed by atoms with Crippen LogP contribution in [0.25, 0.3) is 0 Å². The minimum Gasteiger partial charge on any atom is -0.497 e. The average molecular weight is 235 g/mol. The summed E-state index contributed by atoms with van der Waals surface area (Å²) in [5.74, 6) is 0.818. The van der Waals surface area contributed by atoms with Crippen LogP contribution in [0.2, 0.25) is 0 Å². The van der Waals surface area contributed by atoms with Gasteiger partial charge in [0.15, 0.2) is 0 Å². The first-order valence-corrected chi connectivity index (χ1v) is 5.66. The fourth-order valence-corrected chi connectivity index (χ4v) is 1.55. The quantitative estimate of drug-likeness (QED) is 0.710. The third-order valence-corrected chi connectivity index (χ3v) is 2.73. The van der Waals surface area contributed by atoms with Crippen LogP contribution < -0.4 is 20.7 Å². The molecule has 1 aromatic carbocycles. The zero-order valence-corrected chi connectivity index (χ0v) is 9.82. The molecule has 1 aromatic rings. The first kappa shape index (κ1) is 11.7. The number of carbonyl (C=O) groups is 1. The van der Waals surface area contributed by atoms with Crippen LogP contribution >= 0.6 is 0 Å². The van der Waals surface area contributed by atoms with E-state index in [1.54, 1.807) is 7.11 Å². The average Bonchev–Trinajstić information content (AvgIpc) is 2.32. The standard InChI is InChI=1S/C12H17N3O2/c1-17-11-4-2-9(3-5-11)6-14-12(16)15-10-7-13-8-10/h2-5,10,13H,6-8H2,1H3,(H2,14,15,16). The molecule has 1 heterocycles. The van der Waals surface area contributed by atoms with Crippen LogP contribution in [0.1, 0.15) is 5.56 Å². The van der Waals surface area contributed by atoms with E-state index in [-0.39, 0.29) is 12.1 Å². The summed E-state index contributed by atoms with van der Waals surface area (Å²) in [6.07, 6.45) is 0. The molecule has 5 nitrogen and oxygen atoms in total. The molecule has 0 aliphatic carbocycles. The normalized spacial score (nSPS) is 14.9. The van der Waals surface area contributed by atoms with E-state index in [1.165, 1.54) is 0 Å². The van der Waals surface area contributed by atoms with E-state index in [2.05, 4.69) is 16.0 Å². The number of urea groups is 1. The molecule has 0 unspecified atom stereocenters. The highest BCUT2D eigenvalue weighted by atomic mass is 16.5. The number of methoxy groups -OCH3 is 1. The molecular formula is C12H17N3O2. The molecule has 1 fully saturated rings. The van der Waals surface area contributed by atoms with E-state index in [0.29, 0.717) is 6.54 Å². The highest BCUT2D eigenvalue weighted by molar-refractivity contribution is 5.74. The van der Waals surface area contributed by atoms with Gasteiger partial charge in [0.25, 0.3) is 0 Å². The molecular weight excluding hydrogens is 218 g/mol. The van der Waals surface area contributed by atoms with Gasteiger partial charge in [0.05, 0.1) is 13.2 Å². The number of amides is 2. The van der Waals surface area contributed by atoms with Crippen LogP contribution in [-0.4, -0.2) is 32.3 Å². The Labute approximate surface area is 101 Å². The Morgan fingerprint density at radius 3 is 2.65 bits per heavy atom. The lowest BCUT2D eigenvalue weighted by Crippen LogP contribution is -2.58. The van der Waals surface area contributed by atoms with Crippen molar-refractivity contribution in [3.05, 3.63) is 29.8 Å². The lowest BCUT2D eigenvalue weighted by atomic mass is 10.2. The number of benzene rings is 1. The summed E-state index contributed by atoms with van der Waals surface area (Å²) in [6, 6.07) is 7.78. The van der Waals surface area contributed by atoms with Crippen LogP contribution in [0.5, 0.6) is 5.75 Å². The van der Waals surface area contributed by atoms with E-state index in [9.17, 15) is 4.79 Å². The third-order valence-electron chi connectivity index (χ3n) is 2.73. The minimum absolute atomic E-state index is 0.118. The first-order chi connectivity index (χ1) is 8.28. The van der Waals surface area contributed by atoms with Gasteiger partial charge < -0.3 is 20.7 Å². The van der Waals surface area contributed by atoms with Gasteiger partial charge in [0.2, 0.25) is 0 Å². The summed E-state index contributed by atoms with van der Waals surface area (Å²) in [4.78, 5) is 11.5. The molecule has 0 atom stereocenters. The largest absolute Gasteiger partial charge is 0.497 e. The SMILES string of the molecule is COc1ccc(CNC(=O)NC2CNC2)cc1. The van der Waals surface area contributed by atoms with Gasteiger partial charge >= 0.3 is 6.03 Å². The van der Waals surface area contributed by atoms with E-state index < -0.39 is 0 Å². The Morgan fingerprint density at radius 1 is 1.41 bits per heavy atom. The second-order valence-corrected chi connectivity index (χ2v) is 4.03. The molecule has 1 aliphatic heterocycles. The zero-order chi connectivity index (χ0) is 12.1. The molecule has 0 radical (unpaired) electrons. The van der Waals surface area contributed by atoms with E-state index in [4.69, 9.17) is 4.74 Å². The van der Waals surface area contributed by atoms with Crippen molar-refractivity contribution in [3.63, 3.8) is 0 Å². The van der Waals surface area contributed by atoms with E-state index in [1.807, 2.05) is 24.3 Å². The second-order valence-electron chi connectivity index (χ2n) is 4.03. The summed E-state index contributed by atoms with van der Waals surface area (Å²) in [6.45, 7) is 2.24. The lowest BCUT2D eigenvalue weighted by molar-refractivity contribution is 0.231. The fourth-order valence-electron chi connectivity index (χ4n) is 1.55. The molecule has 2 rings (SSSR count). The Balaban J connectivity index is 1.74. The van der Waals surface area contributed by atoms with Crippen LogP contribution in [0.3, 0.4) is 0 Å². The van der Waals surface area contributed by atoms with Crippen molar-refractivity contribution >= 4 is 6.03 Å². The molecule has 92 valence electrons. The van der Waals surface area contributed by atoms with E-state index >= 15 is 0 Å². The van der Waals surface area contributed by atoms with Crippen molar-refractivity contribution in [2.75, 3.05) is 20.2 Å². The van der Waals surface area contributed by atoms with Crippen molar-refractivity contribution in [3.8, 4) is 5.75 Å². The fraction of sp³-hybridized carbons (Fsp3) is 0.417. The number of nitrogens with one attached hydrogen (secondary N) is 3. The predicted octanol–water partition coefficient (Wildman–Crippen LogP) is 0.466. The van der Waals surface area contributed by atoms with Gasteiger partial charge in [-0.05, 0) is 17.7 Å². The molecule has 3 N–H and O–H groups in total. The highest BCUT2D eigenvalue weighted by Gasteiger charge is 2.18. The number of carbonyl (C=O) groups excluding carboxylic acids is 1. The van der Waals surface area contributed by atoms with E-state index in [0.717, 1.165) is 24.4 Å². The molecule has 1 aliphatic rings. The molecule has 17 heavy (non-hydrogen) atoms. The van der Waals surface area contributed by atoms with Gasteiger partial charge in [-0.15, -0.1) is 0 Å². The van der Waals surface area contributed by atoms with Gasteiger partial charge in [-0.3, -0.25) is 0 Å². The minimum atomic E-state index is -0.118. The summed E-state index contributed by atoms with van der Waals surface area (Å²) in [5.41, 5.74) is 1.05. The Hall–Kier alpha value is -1.75. The summed E-state index contributed by atoms with van der Waals surface area (Å²) < 4.78 is 5.06. The topological polar surface area (TPSA) is 62.4 Å². The molecule has 0 aromatic heterocycles. The smallest absolute Gasteiger partial charge is 0.315 e. The van der Waals surface area contributed by atoms with Crippen molar-refractivity contribution in [1.29, 1.82) is 0 Å². The number of hydrogen-bond acceptors (Lipinski definition) is 3. The molecule has 5 heteroatoms. The van der Waals surface area contributed by atoms with Crippen molar-refractivity contribution < 1.29 is 9.53 Å². The molecule has 0 spiro atoms. The summed E-state index contributed by atoms with van der Waals surface area (Å²) >= 11 is 0. The van der Waals surface area contributed by atoms with Crippen LogP contribution in [0.15, 0.2) is 24.3 Å². The van der Waals surface area contributed by atoms with Crippen LogP contribution in [-0.2, 0) is 6.54 Å². The second kappa shape index (κ2) is 5.54. The maximum absolute atomic E-state index is 11.5. The maximum atomic E-state index is 11.5. The molecule has 2 amide bonds. The van der Waals surface area contributed by atoms with Crippen LogP contribution in [0, 0.1) is 0 Å². The van der Waals surface area contributed by atoms with Gasteiger partial charge in [-0.2, -0.15) is 0 Å². The number of ether oxygens (including phenoxy) is 1. The van der Waals surface area contributed by atoms with Crippen LogP contribution in [0.4, 0.5) is 4.79 Å². The van der Waals surface area contributed by atoms with Gasteiger partial charge in [0.1, 0.15) is 5.75 Å². The van der Waals surface area contributed by atoms with Gasteiger partial charge in [-0.25, -0.2) is 4.79 Å². The lowest BCUT2D eigenvalue weighted by Gasteiger charge is -2.27. The summed E-state index contributed by atoms with van der Waals surface area (Å²) in [5, 5.41) is 8.79. The maximum Gasteiger partial charge on any atom is 0.315 e. The predicted molar refractivity (Wildman–Crippen MR) is 65.0 cm³/mol. The van der Waals surface area contributed by atoms with Crippen molar-refractivity contribution in [2.24, 2.45) is 0 Å². The number of hydrogen-bond donors (Lipinski definition) is 3. The molecule has 1 saturated heterocycles. The molecule has 0 saturated carbocycles. The number of rotatable bonds is 4. The van der Waals surface area contributed by atoms with Crippen molar-refractivity contribution in [1.82, 2.24) is 16.0 Å².